The van der Waals surface area contributed by atoms with Crippen LogP contribution in [0.4, 0.5) is 19.0 Å². The topological polar surface area (TPSA) is 58.1 Å². The van der Waals surface area contributed by atoms with Gasteiger partial charge in [-0.05, 0) is 70.0 Å². The maximum Gasteiger partial charge on any atom is 0.254 e. The van der Waals surface area contributed by atoms with Crippen molar-refractivity contribution in [2.45, 2.75) is 52.9 Å². The van der Waals surface area contributed by atoms with Gasteiger partial charge < -0.3 is 10.2 Å². The Morgan fingerprint density at radius 1 is 1.15 bits per heavy atom. The molecular weight excluding hydrogens is 441 g/mol. The molecule has 1 N–H and O–H groups in total. The van der Waals surface area contributed by atoms with Gasteiger partial charge in [0.05, 0.1) is 18.3 Å². The molecule has 0 bridgehead atoms. The number of fused-ring (bicyclic) bond motifs is 1. The number of hydrogen-bond donors (Lipinski definition) is 1. The quantitative estimate of drug-likeness (QED) is 0.476. The summed E-state index contributed by atoms with van der Waals surface area (Å²) in [5.41, 5.74) is 0.889. The van der Waals surface area contributed by atoms with Crippen LogP contribution in [0.15, 0.2) is 36.7 Å². The lowest BCUT2D eigenvalue weighted by Crippen LogP contribution is -2.22. The molecule has 1 aliphatic heterocycles. The number of anilines is 1. The highest BCUT2D eigenvalue weighted by atomic mass is 19.1. The minimum Gasteiger partial charge on any atom is -0.363 e. The lowest BCUT2D eigenvalue weighted by Gasteiger charge is -2.20. The molecule has 1 aliphatic rings. The number of benzene rings is 1. The van der Waals surface area contributed by atoms with Crippen LogP contribution in [0.1, 0.15) is 66.3 Å². The van der Waals surface area contributed by atoms with E-state index in [0.717, 1.165) is 17.7 Å². The minimum absolute atomic E-state index is 0.0399. The number of rotatable bonds is 6. The van der Waals surface area contributed by atoms with Crippen molar-refractivity contribution in [1.29, 1.82) is 0 Å². The second-order valence-corrected chi connectivity index (χ2v) is 9.08. The standard InChI is InChI=1S/C26H27F3N4O/c1-6-33-13-19-16(25(33)34)7-8-30-24(19)32-15(3)17-9-22(28)18(10-21(17)27)23-11-20(26(4,5)29)14(2)12-31-23/h7-12,15H,6,13H2,1-5H3,(H,30,32)/t15-/m0/s1. The van der Waals surface area contributed by atoms with Gasteiger partial charge in [-0.3, -0.25) is 9.78 Å². The normalized spacial score (nSPS) is 14.4. The van der Waals surface area contributed by atoms with Gasteiger partial charge in [-0.1, -0.05) is 0 Å². The monoisotopic (exact) mass is 468 g/mol. The third-order valence-corrected chi connectivity index (χ3v) is 6.23. The predicted molar refractivity (Wildman–Crippen MR) is 125 cm³/mol. The van der Waals surface area contributed by atoms with Crippen LogP contribution in [-0.2, 0) is 12.2 Å². The Morgan fingerprint density at radius 2 is 1.88 bits per heavy atom. The number of carbonyl (C=O) groups is 1. The molecule has 0 saturated heterocycles. The van der Waals surface area contributed by atoms with E-state index in [1.165, 1.54) is 32.3 Å². The largest absolute Gasteiger partial charge is 0.363 e. The van der Waals surface area contributed by atoms with Gasteiger partial charge in [0.1, 0.15) is 23.1 Å². The van der Waals surface area contributed by atoms with Crippen LogP contribution >= 0.6 is 0 Å². The van der Waals surface area contributed by atoms with Crippen molar-refractivity contribution in [2.24, 2.45) is 0 Å². The number of nitrogens with one attached hydrogen (secondary N) is 1. The van der Waals surface area contributed by atoms with E-state index in [2.05, 4.69) is 15.3 Å². The van der Waals surface area contributed by atoms with Gasteiger partial charge >= 0.3 is 0 Å². The number of pyridine rings is 2. The lowest BCUT2D eigenvalue weighted by atomic mass is 9.94. The summed E-state index contributed by atoms with van der Waals surface area (Å²) in [6.07, 6.45) is 2.99. The van der Waals surface area contributed by atoms with Gasteiger partial charge in [-0.25, -0.2) is 18.2 Å². The molecule has 5 nitrogen and oxygen atoms in total. The first kappa shape index (κ1) is 23.7. The van der Waals surface area contributed by atoms with Crippen molar-refractivity contribution in [3.8, 4) is 11.3 Å². The van der Waals surface area contributed by atoms with Crippen LogP contribution in [-0.4, -0.2) is 27.3 Å². The fourth-order valence-corrected chi connectivity index (χ4v) is 4.35. The average molecular weight is 469 g/mol. The molecule has 0 saturated carbocycles. The van der Waals surface area contributed by atoms with Gasteiger partial charge in [0.2, 0.25) is 0 Å². The summed E-state index contributed by atoms with van der Waals surface area (Å²) in [6.45, 7) is 9.12. The zero-order valence-corrected chi connectivity index (χ0v) is 19.8. The maximum atomic E-state index is 15.1. The fraction of sp³-hybridized carbons (Fsp3) is 0.346. The summed E-state index contributed by atoms with van der Waals surface area (Å²) in [4.78, 5) is 22.7. The molecule has 3 aromatic rings. The SMILES string of the molecule is CCN1Cc2c(ccnc2N[C@@H](C)c2cc(F)c(-c3cc(C(C)(C)F)c(C)cn3)cc2F)C1=O. The van der Waals surface area contributed by atoms with E-state index in [1.54, 1.807) is 24.8 Å². The third-order valence-electron chi connectivity index (χ3n) is 6.23. The summed E-state index contributed by atoms with van der Waals surface area (Å²) >= 11 is 0. The molecule has 2 aromatic heterocycles. The zero-order valence-electron chi connectivity index (χ0n) is 19.8. The average Bonchev–Trinajstić information content (AvgIpc) is 3.11. The maximum absolute atomic E-state index is 15.1. The Bertz CT molecular complexity index is 1270. The first-order valence-electron chi connectivity index (χ1n) is 11.2. The van der Waals surface area contributed by atoms with Crippen LogP contribution in [0.25, 0.3) is 11.3 Å². The predicted octanol–water partition coefficient (Wildman–Crippen LogP) is 6.08. The zero-order chi connectivity index (χ0) is 24.8. The molecule has 8 heteroatoms. The highest BCUT2D eigenvalue weighted by Gasteiger charge is 2.30. The van der Waals surface area contributed by atoms with Gasteiger partial charge in [-0.2, -0.15) is 0 Å². The first-order chi connectivity index (χ1) is 16.0. The van der Waals surface area contributed by atoms with E-state index < -0.39 is 23.3 Å². The number of hydrogen-bond acceptors (Lipinski definition) is 4. The van der Waals surface area contributed by atoms with Crippen LogP contribution in [0, 0.1) is 18.6 Å². The molecule has 34 heavy (non-hydrogen) atoms. The lowest BCUT2D eigenvalue weighted by molar-refractivity contribution is 0.0787. The molecular formula is C26H27F3N4O. The first-order valence-corrected chi connectivity index (χ1v) is 11.2. The molecule has 3 heterocycles. The summed E-state index contributed by atoms with van der Waals surface area (Å²) in [5.74, 6) is -0.895. The van der Waals surface area contributed by atoms with Crippen molar-refractivity contribution in [3.05, 3.63) is 76.1 Å². The van der Waals surface area contributed by atoms with E-state index in [0.29, 0.717) is 35.6 Å². The highest BCUT2D eigenvalue weighted by molar-refractivity contribution is 5.99. The molecule has 0 radical (unpaired) electrons. The van der Waals surface area contributed by atoms with Crippen molar-refractivity contribution in [3.63, 3.8) is 0 Å². The molecule has 0 unspecified atom stereocenters. The number of aryl methyl sites for hydroxylation is 1. The smallest absolute Gasteiger partial charge is 0.254 e. The summed E-state index contributed by atoms with van der Waals surface area (Å²) in [7, 11) is 0. The molecule has 1 amide bonds. The van der Waals surface area contributed by atoms with Crippen molar-refractivity contribution in [1.82, 2.24) is 14.9 Å². The van der Waals surface area contributed by atoms with E-state index in [9.17, 15) is 9.18 Å². The molecule has 178 valence electrons. The van der Waals surface area contributed by atoms with Gasteiger partial charge in [0.25, 0.3) is 5.91 Å². The van der Waals surface area contributed by atoms with E-state index in [-0.39, 0.29) is 22.7 Å². The van der Waals surface area contributed by atoms with E-state index in [1.807, 2.05) is 6.92 Å². The Morgan fingerprint density at radius 3 is 2.56 bits per heavy atom. The summed E-state index contributed by atoms with van der Waals surface area (Å²) < 4.78 is 44.8. The van der Waals surface area contributed by atoms with Gasteiger partial charge in [0, 0.05) is 41.2 Å². The Kier molecular flexibility index (Phi) is 6.10. The number of aromatic nitrogens is 2. The van der Waals surface area contributed by atoms with Crippen LogP contribution < -0.4 is 5.32 Å². The molecule has 1 atom stereocenters. The van der Waals surface area contributed by atoms with Crippen molar-refractivity contribution < 1.29 is 18.0 Å². The second kappa shape index (κ2) is 8.74. The third kappa shape index (κ3) is 4.24. The number of alkyl halides is 1. The fourth-order valence-electron chi connectivity index (χ4n) is 4.35. The minimum atomic E-state index is -1.65. The number of carbonyl (C=O) groups excluding carboxylic acids is 1. The Labute approximate surface area is 197 Å². The van der Waals surface area contributed by atoms with Gasteiger partial charge in [0.15, 0.2) is 0 Å². The summed E-state index contributed by atoms with van der Waals surface area (Å²) in [6, 6.07) is 4.71. The number of nitrogens with zero attached hydrogens (tertiary/aromatic N) is 3. The highest BCUT2D eigenvalue weighted by Crippen LogP contribution is 2.34. The van der Waals surface area contributed by atoms with Crippen molar-refractivity contribution >= 4 is 11.7 Å². The van der Waals surface area contributed by atoms with E-state index >= 15 is 8.78 Å². The molecule has 1 aromatic carbocycles. The Balaban J connectivity index is 1.65. The van der Waals surface area contributed by atoms with Crippen molar-refractivity contribution in [2.75, 3.05) is 11.9 Å². The van der Waals surface area contributed by atoms with Crippen LogP contribution in [0.2, 0.25) is 0 Å². The molecule has 0 fully saturated rings. The number of amides is 1. The van der Waals surface area contributed by atoms with Gasteiger partial charge in [-0.15, -0.1) is 0 Å². The Hall–Kier alpha value is -3.42. The molecule has 4 rings (SSSR count). The summed E-state index contributed by atoms with van der Waals surface area (Å²) in [5, 5.41) is 3.13. The molecule has 0 spiro atoms. The second-order valence-electron chi connectivity index (χ2n) is 9.08. The molecule has 0 aliphatic carbocycles. The van der Waals surface area contributed by atoms with Crippen LogP contribution in [0.3, 0.4) is 0 Å². The van der Waals surface area contributed by atoms with Crippen LogP contribution in [0.5, 0.6) is 0 Å². The van der Waals surface area contributed by atoms with E-state index in [4.69, 9.17) is 0 Å². The number of halogens is 3.